The number of halogens is 2. The van der Waals surface area contributed by atoms with Gasteiger partial charge in [-0.15, -0.1) is 0 Å². The largest absolute Gasteiger partial charge is 0.338 e. The van der Waals surface area contributed by atoms with Gasteiger partial charge in [0.15, 0.2) is 0 Å². The van der Waals surface area contributed by atoms with Crippen molar-refractivity contribution < 1.29 is 9.32 Å². The molecule has 0 saturated heterocycles. The summed E-state index contributed by atoms with van der Waals surface area (Å²) in [6, 6.07) is 5.00. The summed E-state index contributed by atoms with van der Waals surface area (Å²) in [7, 11) is 0. The second-order valence-electron chi connectivity index (χ2n) is 4.16. The predicted octanol–water partition coefficient (Wildman–Crippen LogP) is 4.13. The SMILES string of the molecule is CCC(=O)C(C)c1nc(-c2cc(Cl)cc(Cl)c2)no1. The molecule has 2 aromatic rings. The number of Topliss-reactive ketones (excluding diaryl/α,β-unsaturated/α-hetero) is 1. The average Bonchev–Trinajstić information content (AvgIpc) is 2.85. The van der Waals surface area contributed by atoms with Gasteiger partial charge in [0.2, 0.25) is 11.7 Å². The number of carbonyl (C=O) groups is 1. The molecule has 0 aliphatic carbocycles. The van der Waals surface area contributed by atoms with Crippen LogP contribution in [0.5, 0.6) is 0 Å². The highest BCUT2D eigenvalue weighted by Gasteiger charge is 2.20. The molecule has 0 bridgehead atoms. The zero-order valence-corrected chi connectivity index (χ0v) is 12.0. The van der Waals surface area contributed by atoms with E-state index in [0.29, 0.717) is 33.7 Å². The number of ketones is 1. The van der Waals surface area contributed by atoms with Gasteiger partial charge in [-0.25, -0.2) is 0 Å². The molecule has 0 radical (unpaired) electrons. The number of hydrogen-bond donors (Lipinski definition) is 0. The molecule has 6 heteroatoms. The van der Waals surface area contributed by atoms with E-state index in [4.69, 9.17) is 27.7 Å². The van der Waals surface area contributed by atoms with Gasteiger partial charge in [0.1, 0.15) is 5.78 Å². The molecule has 2 rings (SSSR count). The number of nitrogens with zero attached hydrogens (tertiary/aromatic N) is 2. The summed E-state index contributed by atoms with van der Waals surface area (Å²) in [5.74, 6) is 0.327. The Morgan fingerprint density at radius 3 is 2.53 bits per heavy atom. The maximum Gasteiger partial charge on any atom is 0.237 e. The number of rotatable bonds is 4. The Balaban J connectivity index is 2.33. The van der Waals surface area contributed by atoms with Crippen LogP contribution in [0.15, 0.2) is 22.7 Å². The summed E-state index contributed by atoms with van der Waals surface area (Å²) >= 11 is 11.8. The molecule has 1 unspecified atom stereocenters. The van der Waals surface area contributed by atoms with Gasteiger partial charge >= 0.3 is 0 Å². The molecule has 1 aromatic heterocycles. The monoisotopic (exact) mass is 298 g/mol. The highest BCUT2D eigenvalue weighted by Crippen LogP contribution is 2.26. The molecular formula is C13H12Cl2N2O2. The lowest BCUT2D eigenvalue weighted by Gasteiger charge is -2.01. The minimum Gasteiger partial charge on any atom is -0.338 e. The highest BCUT2D eigenvalue weighted by molar-refractivity contribution is 6.35. The fourth-order valence-electron chi connectivity index (χ4n) is 1.66. The van der Waals surface area contributed by atoms with Gasteiger partial charge in [-0.3, -0.25) is 4.79 Å². The quantitative estimate of drug-likeness (QED) is 0.852. The summed E-state index contributed by atoms with van der Waals surface area (Å²) in [5, 5.41) is 4.84. The molecule has 0 aliphatic rings. The van der Waals surface area contributed by atoms with Crippen molar-refractivity contribution in [3.63, 3.8) is 0 Å². The first-order valence-corrected chi connectivity index (χ1v) is 6.59. The third-order valence-electron chi connectivity index (χ3n) is 2.76. The van der Waals surface area contributed by atoms with Crippen LogP contribution in [0.2, 0.25) is 10.0 Å². The topological polar surface area (TPSA) is 56.0 Å². The maximum absolute atomic E-state index is 11.6. The summed E-state index contributed by atoms with van der Waals surface area (Å²) in [6.07, 6.45) is 0.432. The van der Waals surface area contributed by atoms with E-state index in [1.165, 1.54) is 0 Å². The highest BCUT2D eigenvalue weighted by atomic mass is 35.5. The standard InChI is InChI=1S/C13H12Cl2N2O2/c1-3-11(18)7(2)13-16-12(17-19-13)8-4-9(14)6-10(15)5-8/h4-7H,3H2,1-2H3. The molecule has 0 fully saturated rings. The zero-order chi connectivity index (χ0) is 14.0. The van der Waals surface area contributed by atoms with Crippen LogP contribution in [-0.2, 0) is 4.79 Å². The van der Waals surface area contributed by atoms with Crippen LogP contribution in [-0.4, -0.2) is 15.9 Å². The van der Waals surface area contributed by atoms with Crippen LogP contribution in [0.1, 0.15) is 32.1 Å². The van der Waals surface area contributed by atoms with Gasteiger partial charge in [0.25, 0.3) is 0 Å². The van der Waals surface area contributed by atoms with Crippen LogP contribution in [0.25, 0.3) is 11.4 Å². The van der Waals surface area contributed by atoms with Gasteiger partial charge < -0.3 is 4.52 Å². The van der Waals surface area contributed by atoms with Crippen molar-refractivity contribution in [2.45, 2.75) is 26.2 Å². The molecule has 0 saturated carbocycles. The fraction of sp³-hybridized carbons (Fsp3) is 0.308. The van der Waals surface area contributed by atoms with Crippen LogP contribution < -0.4 is 0 Å². The minimum atomic E-state index is -0.402. The maximum atomic E-state index is 11.6. The van der Waals surface area contributed by atoms with Crippen molar-refractivity contribution in [3.05, 3.63) is 34.1 Å². The number of hydrogen-bond acceptors (Lipinski definition) is 4. The van der Waals surface area contributed by atoms with E-state index >= 15 is 0 Å². The average molecular weight is 299 g/mol. The Morgan fingerprint density at radius 1 is 1.32 bits per heavy atom. The lowest BCUT2D eigenvalue weighted by Crippen LogP contribution is -2.07. The first kappa shape index (κ1) is 14.0. The molecule has 1 aromatic carbocycles. The van der Waals surface area contributed by atoms with E-state index in [1.807, 2.05) is 0 Å². The summed E-state index contributed by atoms with van der Waals surface area (Å²) in [6.45, 7) is 3.54. The molecule has 0 aliphatic heterocycles. The molecule has 100 valence electrons. The molecule has 4 nitrogen and oxygen atoms in total. The second-order valence-corrected chi connectivity index (χ2v) is 5.03. The van der Waals surface area contributed by atoms with E-state index in [2.05, 4.69) is 10.1 Å². The molecule has 0 N–H and O–H groups in total. The Hall–Kier alpha value is -1.39. The van der Waals surface area contributed by atoms with Gasteiger partial charge in [-0.05, 0) is 25.1 Å². The smallest absolute Gasteiger partial charge is 0.237 e. The van der Waals surface area contributed by atoms with Gasteiger partial charge in [-0.1, -0.05) is 35.3 Å². The molecule has 0 amide bonds. The van der Waals surface area contributed by atoms with Crippen LogP contribution in [0.4, 0.5) is 0 Å². The first-order chi connectivity index (χ1) is 9.01. The van der Waals surface area contributed by atoms with Crippen molar-refractivity contribution >= 4 is 29.0 Å². The van der Waals surface area contributed by atoms with Crippen LogP contribution in [0.3, 0.4) is 0 Å². The van der Waals surface area contributed by atoms with Crippen LogP contribution in [0, 0.1) is 0 Å². The molecule has 1 atom stereocenters. The third kappa shape index (κ3) is 3.14. The van der Waals surface area contributed by atoms with Gasteiger partial charge in [-0.2, -0.15) is 4.98 Å². The van der Waals surface area contributed by atoms with E-state index in [1.54, 1.807) is 32.0 Å². The number of carbonyl (C=O) groups excluding carboxylic acids is 1. The Kier molecular flexibility index (Phi) is 4.22. The second kappa shape index (κ2) is 5.72. The van der Waals surface area contributed by atoms with Crippen LogP contribution >= 0.6 is 23.2 Å². The van der Waals surface area contributed by atoms with Gasteiger partial charge in [0, 0.05) is 22.0 Å². The van der Waals surface area contributed by atoms with E-state index in [9.17, 15) is 4.79 Å². The Morgan fingerprint density at radius 2 is 1.95 bits per heavy atom. The lowest BCUT2D eigenvalue weighted by atomic mass is 10.1. The summed E-state index contributed by atoms with van der Waals surface area (Å²) in [5.41, 5.74) is 0.656. The summed E-state index contributed by atoms with van der Waals surface area (Å²) in [4.78, 5) is 15.8. The molecule has 1 heterocycles. The van der Waals surface area contributed by atoms with Crippen molar-refractivity contribution in [2.24, 2.45) is 0 Å². The van der Waals surface area contributed by atoms with Crippen molar-refractivity contribution in [3.8, 4) is 11.4 Å². The zero-order valence-electron chi connectivity index (χ0n) is 10.5. The normalized spacial score (nSPS) is 12.4. The number of benzene rings is 1. The lowest BCUT2D eigenvalue weighted by molar-refractivity contribution is -0.120. The van der Waals surface area contributed by atoms with Crippen molar-refractivity contribution in [1.82, 2.24) is 10.1 Å². The van der Waals surface area contributed by atoms with E-state index in [0.717, 1.165) is 0 Å². The van der Waals surface area contributed by atoms with Crippen molar-refractivity contribution in [2.75, 3.05) is 0 Å². The van der Waals surface area contributed by atoms with Gasteiger partial charge in [0.05, 0.1) is 5.92 Å². The van der Waals surface area contributed by atoms with Crippen molar-refractivity contribution in [1.29, 1.82) is 0 Å². The first-order valence-electron chi connectivity index (χ1n) is 5.84. The third-order valence-corrected chi connectivity index (χ3v) is 3.20. The Bertz CT molecular complexity index is 590. The number of aromatic nitrogens is 2. The van der Waals surface area contributed by atoms with E-state index in [-0.39, 0.29) is 5.78 Å². The molecule has 19 heavy (non-hydrogen) atoms. The molecular weight excluding hydrogens is 287 g/mol. The fourth-order valence-corrected chi connectivity index (χ4v) is 2.18. The molecule has 0 spiro atoms. The predicted molar refractivity (Wildman–Crippen MR) is 73.5 cm³/mol. The Labute approximate surface area is 120 Å². The summed E-state index contributed by atoms with van der Waals surface area (Å²) < 4.78 is 5.12. The van der Waals surface area contributed by atoms with E-state index < -0.39 is 5.92 Å². The minimum absolute atomic E-state index is 0.0549.